The molecule has 0 unspecified atom stereocenters. The molecule has 4 N–H and O–H groups in total. The van der Waals surface area contributed by atoms with E-state index in [4.69, 9.17) is 9.72 Å². The average Bonchev–Trinajstić information content (AvgIpc) is 4.00. The van der Waals surface area contributed by atoms with Crippen molar-refractivity contribution < 1.29 is 46.2 Å². The van der Waals surface area contributed by atoms with Crippen LogP contribution in [0, 0.1) is 5.92 Å². The number of para-hydroxylation sites is 1. The fraction of sp³-hybridized carbons (Fsp3) is 0.514. The molecule has 13 nitrogen and oxygen atoms in total. The third kappa shape index (κ3) is 7.14. The van der Waals surface area contributed by atoms with Crippen LogP contribution in [-0.2, 0) is 24.4 Å². The van der Waals surface area contributed by atoms with Gasteiger partial charge in [-0.2, -0.15) is 0 Å². The van der Waals surface area contributed by atoms with Crippen LogP contribution in [0.5, 0.6) is 5.88 Å². The second-order valence-electron chi connectivity index (χ2n) is 14.2. The number of aromatic nitrogens is 1. The fourth-order valence-corrected chi connectivity index (χ4v) is 8.89. The van der Waals surface area contributed by atoms with Crippen molar-refractivity contribution in [3.8, 4) is 5.88 Å². The first-order chi connectivity index (χ1) is 24.3. The van der Waals surface area contributed by atoms with Gasteiger partial charge in [0, 0.05) is 30.0 Å². The van der Waals surface area contributed by atoms with Crippen molar-refractivity contribution in [3.63, 3.8) is 0 Å². The van der Waals surface area contributed by atoms with E-state index in [9.17, 15) is 32.7 Å². The zero-order chi connectivity index (χ0) is 36.1. The molecule has 3 heterocycles. The van der Waals surface area contributed by atoms with Crippen LogP contribution in [-0.4, -0.2) is 88.7 Å². The van der Waals surface area contributed by atoms with Gasteiger partial charge in [-0.1, -0.05) is 49.2 Å². The van der Waals surface area contributed by atoms with E-state index in [2.05, 4.69) is 10.6 Å². The van der Waals surface area contributed by atoms with Gasteiger partial charge in [0.25, 0.3) is 5.91 Å². The Labute approximate surface area is 292 Å². The zero-order valence-corrected chi connectivity index (χ0v) is 28.5. The molecule has 2 aromatic carbocycles. The van der Waals surface area contributed by atoms with E-state index in [1.54, 1.807) is 0 Å². The maximum Gasteiger partial charge on any atom is 0.405 e. The number of rotatable bonds is 6. The Morgan fingerprint density at radius 2 is 1.67 bits per heavy atom. The molecule has 2 saturated carbocycles. The Balaban J connectivity index is 1.22. The van der Waals surface area contributed by atoms with Gasteiger partial charge < -0.3 is 25.4 Å². The van der Waals surface area contributed by atoms with E-state index in [0.717, 1.165) is 10.8 Å². The van der Waals surface area contributed by atoms with Crippen LogP contribution in [0.2, 0.25) is 0 Å². The summed E-state index contributed by atoms with van der Waals surface area (Å²) in [5, 5.41) is 16.1. The monoisotopic (exact) mass is 727 g/mol. The summed E-state index contributed by atoms with van der Waals surface area (Å²) in [5.74, 6) is -6.66. The van der Waals surface area contributed by atoms with Gasteiger partial charge in [0.2, 0.25) is 33.6 Å². The van der Waals surface area contributed by atoms with Gasteiger partial charge in [-0.15, -0.1) is 0 Å². The molecule has 51 heavy (non-hydrogen) atoms. The van der Waals surface area contributed by atoms with Crippen molar-refractivity contribution in [2.24, 2.45) is 5.92 Å². The van der Waals surface area contributed by atoms with Crippen LogP contribution in [0.4, 0.5) is 13.6 Å². The van der Waals surface area contributed by atoms with E-state index in [0.29, 0.717) is 23.7 Å². The first-order valence-corrected chi connectivity index (χ1v) is 18.8. The highest BCUT2D eigenvalue weighted by Gasteiger charge is 2.65. The number of carboxylic acid groups (broad SMARTS) is 1. The normalized spacial score (nSPS) is 28.5. The summed E-state index contributed by atoms with van der Waals surface area (Å²) in [4.78, 5) is 59.5. The van der Waals surface area contributed by atoms with Crippen LogP contribution in [0.3, 0.4) is 0 Å². The molecule has 272 valence electrons. The number of nitrogens with one attached hydrogen (secondary N) is 3. The van der Waals surface area contributed by atoms with Gasteiger partial charge in [-0.05, 0) is 55.5 Å². The molecule has 2 saturated heterocycles. The van der Waals surface area contributed by atoms with Gasteiger partial charge >= 0.3 is 6.09 Å². The minimum atomic E-state index is -4.08. The largest absolute Gasteiger partial charge is 0.472 e. The molecule has 7 rings (SSSR count). The van der Waals surface area contributed by atoms with Crippen molar-refractivity contribution in [2.75, 3.05) is 6.54 Å². The third-order valence-corrected chi connectivity index (χ3v) is 12.3. The molecule has 0 bridgehead atoms. The van der Waals surface area contributed by atoms with Gasteiger partial charge in [0.1, 0.15) is 23.7 Å². The number of nitrogens with zero attached hydrogens (tertiary/aromatic N) is 2. The molecule has 2 aliphatic heterocycles. The van der Waals surface area contributed by atoms with Crippen LogP contribution in [0.15, 0.2) is 48.5 Å². The number of amides is 4. The van der Waals surface area contributed by atoms with Crippen LogP contribution in [0.25, 0.3) is 21.7 Å². The number of hydrogen-bond acceptors (Lipinski definition) is 8. The Morgan fingerprint density at radius 3 is 2.39 bits per heavy atom. The summed E-state index contributed by atoms with van der Waals surface area (Å²) in [6.07, 6.45) is -2.51. The lowest BCUT2D eigenvalue weighted by atomic mass is 10.00. The van der Waals surface area contributed by atoms with E-state index < -0.39 is 87.5 Å². The number of halogens is 2. The fourth-order valence-electron chi connectivity index (χ4n) is 7.52. The number of ether oxygens (including phenoxy) is 1. The lowest BCUT2D eigenvalue weighted by molar-refractivity contribution is -0.141. The second kappa shape index (κ2) is 13.2. The smallest absolute Gasteiger partial charge is 0.405 e. The SMILES string of the molecule is O=C(O)N[C@H]1CCCCCC(F)(F)C[C@@H]2C[C@@]2(C(=O)NS(=O)(=O)C2CC2)NC(=O)[C@@H]2C[C@@H](Oc3nc4ccccc4c4ccccc34)CN2C1=O. The number of sulfonamides is 1. The second-order valence-corrected chi connectivity index (χ2v) is 16.1. The number of fused-ring (bicyclic) bond motifs is 5. The first-order valence-electron chi connectivity index (χ1n) is 17.3. The van der Waals surface area contributed by atoms with E-state index in [1.807, 2.05) is 53.3 Å². The molecule has 4 amide bonds. The van der Waals surface area contributed by atoms with Crippen LogP contribution < -0.4 is 20.1 Å². The molecule has 4 fully saturated rings. The quantitative estimate of drug-likeness (QED) is 0.274. The summed E-state index contributed by atoms with van der Waals surface area (Å²) >= 11 is 0. The van der Waals surface area contributed by atoms with Crippen LogP contribution >= 0.6 is 0 Å². The van der Waals surface area contributed by atoms with E-state index in [1.165, 1.54) is 4.90 Å². The van der Waals surface area contributed by atoms with Gasteiger partial charge in [0.15, 0.2) is 0 Å². The number of alkyl halides is 2. The third-order valence-electron chi connectivity index (χ3n) is 10.4. The summed E-state index contributed by atoms with van der Waals surface area (Å²) in [6, 6.07) is 12.4. The topological polar surface area (TPSA) is 184 Å². The number of carbonyl (C=O) groups excluding carboxylic acids is 3. The molecule has 0 radical (unpaired) electrons. The van der Waals surface area contributed by atoms with E-state index >= 15 is 8.78 Å². The van der Waals surface area contributed by atoms with Gasteiger partial charge in [-0.25, -0.2) is 27.0 Å². The number of carbonyl (C=O) groups is 4. The maximum absolute atomic E-state index is 15.2. The highest BCUT2D eigenvalue weighted by atomic mass is 32.2. The van der Waals surface area contributed by atoms with Gasteiger partial charge in [-0.3, -0.25) is 19.1 Å². The van der Waals surface area contributed by atoms with Crippen molar-refractivity contribution in [2.45, 2.75) is 99.1 Å². The molecule has 4 aliphatic rings. The molecular formula is C35H39F2N5O8S. The Kier molecular flexibility index (Phi) is 9.00. The molecular weight excluding hydrogens is 688 g/mol. The summed E-state index contributed by atoms with van der Waals surface area (Å²) in [6.45, 7) is -0.145. The Hall–Kier alpha value is -4.60. The first kappa shape index (κ1) is 34.8. The van der Waals surface area contributed by atoms with Crippen molar-refractivity contribution in [1.29, 1.82) is 0 Å². The Morgan fingerprint density at radius 1 is 0.961 bits per heavy atom. The molecule has 5 atom stereocenters. The van der Waals surface area contributed by atoms with Crippen molar-refractivity contribution >= 4 is 55.5 Å². The molecule has 2 aliphatic carbocycles. The molecule has 0 spiro atoms. The average molecular weight is 728 g/mol. The molecule has 1 aromatic heterocycles. The summed E-state index contributed by atoms with van der Waals surface area (Å²) in [5.41, 5.74) is -1.28. The van der Waals surface area contributed by atoms with Crippen molar-refractivity contribution in [3.05, 3.63) is 48.5 Å². The van der Waals surface area contributed by atoms with Crippen molar-refractivity contribution in [1.82, 2.24) is 25.2 Å². The van der Waals surface area contributed by atoms with Crippen LogP contribution in [0.1, 0.15) is 64.2 Å². The predicted molar refractivity (Wildman–Crippen MR) is 180 cm³/mol. The summed E-state index contributed by atoms with van der Waals surface area (Å²) in [7, 11) is -4.08. The highest BCUT2D eigenvalue weighted by molar-refractivity contribution is 7.91. The highest BCUT2D eigenvalue weighted by Crippen LogP contribution is 2.51. The Bertz CT molecular complexity index is 2010. The standard InChI is InChI=1S/C35H39F2N5O8S/c36-34(37)15-7-1-2-12-27(39-33(46)47)31(44)42-19-21(50-30-25-10-4-3-8-23(25)24-9-5-6-11-26(24)38-30)16-28(42)29(43)40-35(18-20(35)17-34)32(45)41-51(48,49)22-13-14-22/h3-6,8-11,20-22,27-28,39H,1-2,7,12-19H2,(H,40,43)(H,41,45)(H,46,47)/t20-,21-,27+,28+,35-/m1/s1. The number of pyridine rings is 1. The maximum atomic E-state index is 15.2. The summed E-state index contributed by atoms with van der Waals surface area (Å²) < 4.78 is 64.3. The minimum Gasteiger partial charge on any atom is -0.472 e. The van der Waals surface area contributed by atoms with E-state index in [-0.39, 0.29) is 50.9 Å². The predicted octanol–water partition coefficient (Wildman–Crippen LogP) is 3.85. The number of hydrogen-bond donors (Lipinski definition) is 4. The lowest BCUT2D eigenvalue weighted by Gasteiger charge is -2.29. The minimum absolute atomic E-state index is 0.0118. The number of benzene rings is 2. The zero-order valence-electron chi connectivity index (χ0n) is 27.6. The van der Waals surface area contributed by atoms with Gasteiger partial charge in [0.05, 0.1) is 17.3 Å². The molecule has 16 heteroatoms. The lowest BCUT2D eigenvalue weighted by Crippen LogP contribution is -2.58. The molecule has 3 aromatic rings.